The molecule has 0 radical (unpaired) electrons. The quantitative estimate of drug-likeness (QED) is 0.901. The van der Waals surface area contributed by atoms with E-state index in [9.17, 15) is 15.2 Å². The van der Waals surface area contributed by atoms with Crippen LogP contribution in [0.1, 0.15) is 57.2 Å². The minimum absolute atomic E-state index is 0.0534. The van der Waals surface area contributed by atoms with E-state index in [0.29, 0.717) is 12.8 Å². The van der Waals surface area contributed by atoms with Crippen molar-refractivity contribution < 1.29 is 9.90 Å². The third-order valence-electron chi connectivity index (χ3n) is 4.34. The second-order valence-corrected chi connectivity index (χ2v) is 7.05. The van der Waals surface area contributed by atoms with E-state index in [1.54, 1.807) is 0 Å². The first-order valence-electron chi connectivity index (χ1n) is 7.81. The normalized spacial score (nSPS) is 22.9. The molecule has 4 nitrogen and oxygen atoms in total. The zero-order valence-corrected chi connectivity index (χ0v) is 13.5. The maximum absolute atomic E-state index is 12.2. The van der Waals surface area contributed by atoms with Gasteiger partial charge in [-0.15, -0.1) is 0 Å². The predicted octanol–water partition coefficient (Wildman–Crippen LogP) is 2.83. The number of nitrogens with zero attached hydrogens (tertiary/aromatic N) is 1. The van der Waals surface area contributed by atoms with Crippen LogP contribution < -0.4 is 5.32 Å². The molecule has 118 valence electrons. The summed E-state index contributed by atoms with van der Waals surface area (Å²) in [5.41, 5.74) is 2.01. The number of aliphatic hydroxyl groups is 1. The fourth-order valence-electron chi connectivity index (χ4n) is 2.86. The van der Waals surface area contributed by atoms with Crippen molar-refractivity contribution in [1.29, 1.82) is 5.26 Å². The summed E-state index contributed by atoms with van der Waals surface area (Å²) in [4.78, 5) is 12.2. The molecule has 22 heavy (non-hydrogen) atoms. The first-order chi connectivity index (χ1) is 10.3. The Morgan fingerprint density at radius 1 is 1.32 bits per heavy atom. The second-order valence-electron chi connectivity index (χ2n) is 7.05. The molecule has 1 aromatic carbocycles. The van der Waals surface area contributed by atoms with E-state index >= 15 is 0 Å². The lowest BCUT2D eigenvalue weighted by Gasteiger charge is -2.21. The number of carbonyl (C=O) groups excluding carboxylic acids is 1. The molecule has 0 spiro atoms. The van der Waals surface area contributed by atoms with Gasteiger partial charge in [0.15, 0.2) is 0 Å². The Morgan fingerprint density at radius 3 is 2.41 bits per heavy atom. The summed E-state index contributed by atoms with van der Waals surface area (Å²) >= 11 is 0. The number of nitrogens with one attached hydrogen (secondary N) is 1. The Morgan fingerprint density at radius 2 is 1.95 bits per heavy atom. The minimum atomic E-state index is -0.672. The van der Waals surface area contributed by atoms with Gasteiger partial charge in [0.1, 0.15) is 6.04 Å². The topological polar surface area (TPSA) is 73.1 Å². The molecule has 1 saturated carbocycles. The number of hydrogen-bond donors (Lipinski definition) is 2. The summed E-state index contributed by atoms with van der Waals surface area (Å²) in [6.07, 6.45) is 1.63. The molecule has 1 fully saturated rings. The largest absolute Gasteiger partial charge is 0.392 e. The third kappa shape index (κ3) is 3.66. The van der Waals surface area contributed by atoms with Crippen LogP contribution in [-0.4, -0.2) is 17.1 Å². The van der Waals surface area contributed by atoms with Crippen LogP contribution in [0.25, 0.3) is 0 Å². The number of aliphatic hydroxyl groups excluding tert-OH is 1. The number of carbonyl (C=O) groups is 1. The highest BCUT2D eigenvalue weighted by Crippen LogP contribution is 2.27. The smallest absolute Gasteiger partial charge is 0.227 e. The predicted molar refractivity (Wildman–Crippen MR) is 85.0 cm³/mol. The van der Waals surface area contributed by atoms with Crippen molar-refractivity contribution >= 4 is 5.91 Å². The molecular formula is C18H24N2O2. The third-order valence-corrected chi connectivity index (χ3v) is 4.34. The van der Waals surface area contributed by atoms with Gasteiger partial charge in [-0.3, -0.25) is 4.79 Å². The molecule has 0 heterocycles. The highest BCUT2D eigenvalue weighted by atomic mass is 16.3. The molecule has 3 unspecified atom stereocenters. The van der Waals surface area contributed by atoms with Crippen LogP contribution in [0.15, 0.2) is 24.3 Å². The highest BCUT2D eigenvalue weighted by Gasteiger charge is 2.32. The van der Waals surface area contributed by atoms with Crippen molar-refractivity contribution in [3.05, 3.63) is 35.4 Å². The molecule has 1 aliphatic rings. The van der Waals surface area contributed by atoms with Gasteiger partial charge >= 0.3 is 0 Å². The summed E-state index contributed by atoms with van der Waals surface area (Å²) in [6, 6.07) is 9.23. The molecule has 1 amide bonds. The van der Waals surface area contributed by atoms with Crippen LogP contribution in [-0.2, 0) is 10.2 Å². The average molecular weight is 300 g/mol. The summed E-state index contributed by atoms with van der Waals surface area (Å²) in [6.45, 7) is 6.40. The van der Waals surface area contributed by atoms with Gasteiger partial charge in [-0.05, 0) is 35.8 Å². The number of amides is 1. The molecule has 2 N–H and O–H groups in total. The summed E-state index contributed by atoms with van der Waals surface area (Å²) < 4.78 is 0. The van der Waals surface area contributed by atoms with Gasteiger partial charge in [0, 0.05) is 0 Å². The Labute approximate surface area is 132 Å². The van der Waals surface area contributed by atoms with Crippen molar-refractivity contribution in [2.45, 2.75) is 57.6 Å². The molecular weight excluding hydrogens is 276 g/mol. The molecule has 0 aliphatic heterocycles. The lowest BCUT2D eigenvalue weighted by Crippen LogP contribution is -2.36. The van der Waals surface area contributed by atoms with Crippen LogP contribution in [0, 0.1) is 17.2 Å². The SMILES string of the molecule is CC(C)(C)c1ccc(C(C#N)NC(=O)C2CCCC2O)cc1. The van der Waals surface area contributed by atoms with Crippen LogP contribution in [0.4, 0.5) is 0 Å². The van der Waals surface area contributed by atoms with E-state index in [4.69, 9.17) is 0 Å². The lowest BCUT2D eigenvalue weighted by atomic mass is 9.86. The molecule has 0 saturated heterocycles. The molecule has 1 aromatic rings. The van der Waals surface area contributed by atoms with Crippen LogP contribution in [0.5, 0.6) is 0 Å². The fraction of sp³-hybridized carbons (Fsp3) is 0.556. The highest BCUT2D eigenvalue weighted by molar-refractivity contribution is 5.80. The van der Waals surface area contributed by atoms with E-state index < -0.39 is 12.1 Å². The molecule has 0 bridgehead atoms. The van der Waals surface area contributed by atoms with E-state index in [1.165, 1.54) is 5.56 Å². The summed E-state index contributed by atoms with van der Waals surface area (Å²) in [7, 11) is 0. The van der Waals surface area contributed by atoms with Gasteiger partial charge in [0.05, 0.1) is 18.1 Å². The minimum Gasteiger partial charge on any atom is -0.392 e. The molecule has 1 aliphatic carbocycles. The Bertz CT molecular complexity index is 566. The van der Waals surface area contributed by atoms with Crippen molar-refractivity contribution in [3.63, 3.8) is 0 Å². The first kappa shape index (κ1) is 16.5. The molecule has 3 atom stereocenters. The van der Waals surface area contributed by atoms with Crippen molar-refractivity contribution in [2.75, 3.05) is 0 Å². The summed E-state index contributed by atoms with van der Waals surface area (Å²) in [5, 5.41) is 21.9. The fourth-order valence-corrected chi connectivity index (χ4v) is 2.86. The zero-order chi connectivity index (χ0) is 16.3. The first-order valence-corrected chi connectivity index (χ1v) is 7.81. The van der Waals surface area contributed by atoms with Gasteiger partial charge in [-0.1, -0.05) is 45.0 Å². The second kappa shape index (κ2) is 6.50. The van der Waals surface area contributed by atoms with E-state index in [2.05, 4.69) is 32.2 Å². The van der Waals surface area contributed by atoms with Gasteiger partial charge in [0.25, 0.3) is 0 Å². The van der Waals surface area contributed by atoms with E-state index in [0.717, 1.165) is 12.0 Å². The van der Waals surface area contributed by atoms with Gasteiger partial charge in [0.2, 0.25) is 5.91 Å². The lowest BCUT2D eigenvalue weighted by molar-refractivity contribution is -0.127. The van der Waals surface area contributed by atoms with Gasteiger partial charge in [-0.2, -0.15) is 5.26 Å². The van der Waals surface area contributed by atoms with Crippen LogP contribution in [0.2, 0.25) is 0 Å². The molecule has 2 rings (SSSR count). The maximum atomic E-state index is 12.2. The number of rotatable bonds is 3. The van der Waals surface area contributed by atoms with E-state index in [-0.39, 0.29) is 17.2 Å². The van der Waals surface area contributed by atoms with Crippen molar-refractivity contribution in [2.24, 2.45) is 5.92 Å². The zero-order valence-electron chi connectivity index (χ0n) is 13.5. The van der Waals surface area contributed by atoms with E-state index in [1.807, 2.05) is 24.3 Å². The standard InChI is InChI=1S/C18H24N2O2/c1-18(2,3)13-9-7-12(8-10-13)15(11-19)20-17(22)14-5-4-6-16(14)21/h7-10,14-16,21H,4-6H2,1-3H3,(H,20,22). The monoisotopic (exact) mass is 300 g/mol. The average Bonchev–Trinajstić information content (AvgIpc) is 2.90. The molecule has 0 aromatic heterocycles. The van der Waals surface area contributed by atoms with Crippen molar-refractivity contribution in [3.8, 4) is 6.07 Å². The number of hydrogen-bond acceptors (Lipinski definition) is 3. The Kier molecular flexibility index (Phi) is 4.87. The van der Waals surface area contributed by atoms with Crippen LogP contribution >= 0.6 is 0 Å². The van der Waals surface area contributed by atoms with Gasteiger partial charge in [-0.25, -0.2) is 0 Å². The Hall–Kier alpha value is -1.86. The molecule has 4 heteroatoms. The number of nitriles is 1. The summed E-state index contributed by atoms with van der Waals surface area (Å²) in [5.74, 6) is -0.610. The van der Waals surface area contributed by atoms with Gasteiger partial charge < -0.3 is 10.4 Å². The Balaban J connectivity index is 2.09. The maximum Gasteiger partial charge on any atom is 0.227 e. The number of benzene rings is 1. The van der Waals surface area contributed by atoms with Crippen molar-refractivity contribution in [1.82, 2.24) is 5.32 Å². The van der Waals surface area contributed by atoms with Crippen LogP contribution in [0.3, 0.4) is 0 Å².